The van der Waals surface area contributed by atoms with Crippen LogP contribution >= 0.6 is 23.2 Å². The zero-order valence-corrected chi connectivity index (χ0v) is 11.1. The molecule has 0 aliphatic carbocycles. The molecular formula is C12H10Cl2N2O3. The van der Waals surface area contributed by atoms with E-state index in [0.717, 1.165) is 0 Å². The number of urea groups is 1. The first kappa shape index (κ1) is 15.2. The lowest BCUT2D eigenvalue weighted by Gasteiger charge is -2.13. The maximum absolute atomic E-state index is 11.6. The molecule has 0 fully saturated rings. The number of rotatable bonds is 4. The van der Waals surface area contributed by atoms with Crippen LogP contribution in [0.4, 0.5) is 10.5 Å². The van der Waals surface area contributed by atoms with Gasteiger partial charge in [0.25, 0.3) is 0 Å². The maximum Gasteiger partial charge on any atom is 0.327 e. The number of aliphatic carboxylic acids is 1. The molecule has 0 saturated carbocycles. The minimum Gasteiger partial charge on any atom is -0.480 e. The number of amides is 2. The molecule has 100 valence electrons. The van der Waals surface area contributed by atoms with Crippen molar-refractivity contribution in [2.24, 2.45) is 0 Å². The summed E-state index contributed by atoms with van der Waals surface area (Å²) in [4.78, 5) is 22.4. The summed E-state index contributed by atoms with van der Waals surface area (Å²) in [5.74, 6) is 0.951. The number of anilines is 1. The molecule has 0 aromatic heterocycles. The summed E-state index contributed by atoms with van der Waals surface area (Å²) < 4.78 is 0. The number of hydrogen-bond acceptors (Lipinski definition) is 2. The average molecular weight is 301 g/mol. The topological polar surface area (TPSA) is 78.4 Å². The largest absolute Gasteiger partial charge is 0.480 e. The van der Waals surface area contributed by atoms with Gasteiger partial charge < -0.3 is 15.7 Å². The third-order valence-corrected chi connectivity index (χ3v) is 2.67. The van der Waals surface area contributed by atoms with Crippen LogP contribution in [0, 0.1) is 12.3 Å². The van der Waals surface area contributed by atoms with Crippen molar-refractivity contribution < 1.29 is 14.7 Å². The van der Waals surface area contributed by atoms with E-state index in [1.807, 2.05) is 0 Å². The van der Waals surface area contributed by atoms with Gasteiger partial charge in [-0.3, -0.25) is 0 Å². The zero-order valence-electron chi connectivity index (χ0n) is 9.61. The minimum absolute atomic E-state index is 0.119. The number of carbonyl (C=O) groups is 2. The Labute approximate surface area is 119 Å². The standard InChI is InChI=1S/C12H10Cl2N2O3/c1-2-3-9(11(17)18)15-12(19)16-10-6-7(13)4-5-8(10)14/h1,4-6,9H,3H2,(H,17,18)(H2,15,16,19). The van der Waals surface area contributed by atoms with E-state index in [4.69, 9.17) is 34.7 Å². The first-order valence-electron chi connectivity index (χ1n) is 5.13. The number of terminal acetylenes is 1. The molecule has 0 aliphatic heterocycles. The number of carboxylic acid groups (broad SMARTS) is 1. The Balaban J connectivity index is 2.72. The predicted molar refractivity (Wildman–Crippen MR) is 73.5 cm³/mol. The summed E-state index contributed by atoms with van der Waals surface area (Å²) >= 11 is 11.6. The van der Waals surface area contributed by atoms with Crippen molar-refractivity contribution in [3.05, 3.63) is 28.2 Å². The van der Waals surface area contributed by atoms with E-state index in [0.29, 0.717) is 5.02 Å². The molecule has 7 heteroatoms. The summed E-state index contributed by atoms with van der Waals surface area (Å²) in [6, 6.07) is 2.62. The van der Waals surface area contributed by atoms with Gasteiger partial charge in [0.15, 0.2) is 0 Å². The van der Waals surface area contributed by atoms with Crippen molar-refractivity contribution in [2.45, 2.75) is 12.5 Å². The van der Waals surface area contributed by atoms with Crippen LogP contribution in [-0.4, -0.2) is 23.1 Å². The monoisotopic (exact) mass is 300 g/mol. The van der Waals surface area contributed by atoms with E-state index < -0.39 is 18.0 Å². The Hall–Kier alpha value is -1.90. The van der Waals surface area contributed by atoms with Gasteiger partial charge in [-0.1, -0.05) is 23.2 Å². The zero-order chi connectivity index (χ0) is 14.4. The molecule has 2 amide bonds. The number of halogens is 2. The summed E-state index contributed by atoms with van der Waals surface area (Å²) in [6.07, 6.45) is 4.90. The number of benzene rings is 1. The molecule has 1 atom stereocenters. The highest BCUT2D eigenvalue weighted by atomic mass is 35.5. The summed E-state index contributed by atoms with van der Waals surface area (Å²) in [6.45, 7) is 0. The van der Waals surface area contributed by atoms with Gasteiger partial charge >= 0.3 is 12.0 Å². The van der Waals surface area contributed by atoms with Crippen molar-refractivity contribution in [1.29, 1.82) is 0 Å². The van der Waals surface area contributed by atoms with E-state index in [9.17, 15) is 9.59 Å². The first-order valence-corrected chi connectivity index (χ1v) is 5.88. The molecule has 0 spiro atoms. The van der Waals surface area contributed by atoms with Gasteiger partial charge in [0.1, 0.15) is 6.04 Å². The highest BCUT2D eigenvalue weighted by molar-refractivity contribution is 6.35. The van der Waals surface area contributed by atoms with E-state index >= 15 is 0 Å². The van der Waals surface area contributed by atoms with E-state index in [2.05, 4.69) is 16.6 Å². The highest BCUT2D eigenvalue weighted by Gasteiger charge is 2.19. The third-order valence-electron chi connectivity index (χ3n) is 2.10. The lowest BCUT2D eigenvalue weighted by Crippen LogP contribution is -2.42. The van der Waals surface area contributed by atoms with Crippen molar-refractivity contribution in [3.8, 4) is 12.3 Å². The van der Waals surface area contributed by atoms with Crippen LogP contribution in [-0.2, 0) is 4.79 Å². The first-order chi connectivity index (χ1) is 8.93. The van der Waals surface area contributed by atoms with Crippen LogP contribution in [0.15, 0.2) is 18.2 Å². The lowest BCUT2D eigenvalue weighted by atomic mass is 10.2. The molecule has 0 aliphatic rings. The molecule has 1 unspecified atom stereocenters. The van der Waals surface area contributed by atoms with Crippen LogP contribution in [0.25, 0.3) is 0 Å². The smallest absolute Gasteiger partial charge is 0.327 e. The van der Waals surface area contributed by atoms with Gasteiger partial charge in [0, 0.05) is 11.4 Å². The molecule has 1 aromatic rings. The van der Waals surface area contributed by atoms with Crippen LogP contribution in [0.5, 0.6) is 0 Å². The van der Waals surface area contributed by atoms with Crippen LogP contribution in [0.3, 0.4) is 0 Å². The fourth-order valence-corrected chi connectivity index (χ4v) is 1.56. The molecule has 0 saturated heterocycles. The fourth-order valence-electron chi connectivity index (χ4n) is 1.23. The Kier molecular flexibility index (Phi) is 5.49. The van der Waals surface area contributed by atoms with Crippen molar-refractivity contribution >= 4 is 40.9 Å². The van der Waals surface area contributed by atoms with Crippen LogP contribution in [0.1, 0.15) is 6.42 Å². The van der Waals surface area contributed by atoms with E-state index in [-0.39, 0.29) is 17.1 Å². The molecule has 1 aromatic carbocycles. The van der Waals surface area contributed by atoms with Crippen molar-refractivity contribution in [3.63, 3.8) is 0 Å². The molecule has 1 rings (SSSR count). The number of carboxylic acids is 1. The predicted octanol–water partition coefficient (Wildman–Crippen LogP) is 2.59. The second kappa shape index (κ2) is 6.88. The second-order valence-electron chi connectivity index (χ2n) is 3.52. The molecule has 0 bridgehead atoms. The van der Waals surface area contributed by atoms with Crippen LogP contribution < -0.4 is 10.6 Å². The fraction of sp³-hybridized carbons (Fsp3) is 0.167. The van der Waals surface area contributed by atoms with E-state index in [1.54, 1.807) is 6.07 Å². The van der Waals surface area contributed by atoms with Gasteiger partial charge in [0.2, 0.25) is 0 Å². The molecular weight excluding hydrogens is 291 g/mol. The lowest BCUT2D eigenvalue weighted by molar-refractivity contribution is -0.139. The SMILES string of the molecule is C#CCC(NC(=O)Nc1cc(Cl)ccc1Cl)C(=O)O. The summed E-state index contributed by atoms with van der Waals surface area (Å²) in [5.41, 5.74) is 0.275. The number of carbonyl (C=O) groups excluding carboxylic acids is 1. The summed E-state index contributed by atoms with van der Waals surface area (Å²) in [5, 5.41) is 14.1. The molecule has 0 radical (unpaired) electrons. The van der Waals surface area contributed by atoms with Crippen molar-refractivity contribution in [2.75, 3.05) is 5.32 Å². The minimum atomic E-state index is -1.22. The Morgan fingerprint density at radius 3 is 2.68 bits per heavy atom. The molecule has 0 heterocycles. The van der Waals surface area contributed by atoms with Crippen molar-refractivity contribution in [1.82, 2.24) is 5.32 Å². The van der Waals surface area contributed by atoms with Gasteiger partial charge in [-0.25, -0.2) is 9.59 Å². The van der Waals surface area contributed by atoms with Gasteiger partial charge in [-0.15, -0.1) is 12.3 Å². The van der Waals surface area contributed by atoms with Crippen LogP contribution in [0.2, 0.25) is 10.0 Å². The Morgan fingerprint density at radius 2 is 2.11 bits per heavy atom. The molecule has 3 N–H and O–H groups in total. The third kappa shape index (κ3) is 4.70. The van der Waals surface area contributed by atoms with Gasteiger partial charge in [-0.2, -0.15) is 0 Å². The Morgan fingerprint density at radius 1 is 1.42 bits per heavy atom. The second-order valence-corrected chi connectivity index (χ2v) is 4.37. The number of nitrogens with one attached hydrogen (secondary N) is 2. The normalized spacial score (nSPS) is 11.2. The van der Waals surface area contributed by atoms with Gasteiger partial charge in [0.05, 0.1) is 10.7 Å². The molecule has 19 heavy (non-hydrogen) atoms. The summed E-state index contributed by atoms with van der Waals surface area (Å²) in [7, 11) is 0. The van der Waals surface area contributed by atoms with E-state index in [1.165, 1.54) is 12.1 Å². The van der Waals surface area contributed by atoms with Gasteiger partial charge in [-0.05, 0) is 18.2 Å². The number of hydrogen-bond donors (Lipinski definition) is 3. The average Bonchev–Trinajstić information content (AvgIpc) is 2.33. The maximum atomic E-state index is 11.6. The Bertz CT molecular complexity index is 540. The molecule has 5 nitrogen and oxygen atoms in total. The highest BCUT2D eigenvalue weighted by Crippen LogP contribution is 2.25. The quantitative estimate of drug-likeness (QED) is 0.748.